The maximum Gasteiger partial charge on any atom is 0.310 e. The van der Waals surface area contributed by atoms with Crippen molar-refractivity contribution in [2.75, 3.05) is 6.54 Å². The van der Waals surface area contributed by atoms with E-state index < -0.39 is 11.9 Å². The Balaban J connectivity index is 1.99. The number of hydrogen-bond donors (Lipinski definition) is 1. The lowest BCUT2D eigenvalue weighted by Gasteiger charge is -2.33. The molecule has 0 aromatic heterocycles. The first-order chi connectivity index (χ1) is 10.1. The summed E-state index contributed by atoms with van der Waals surface area (Å²) < 4.78 is 0. The number of carboxylic acids is 1. The second-order valence-corrected chi connectivity index (χ2v) is 6.16. The van der Waals surface area contributed by atoms with E-state index in [1.54, 1.807) is 6.92 Å². The number of carboxylic acid groups (broad SMARTS) is 1. The number of hydrogen-bond acceptors (Lipinski definition) is 2. The van der Waals surface area contributed by atoms with Crippen molar-refractivity contribution in [2.45, 2.75) is 64.5 Å². The van der Waals surface area contributed by atoms with Crippen LogP contribution in [0.3, 0.4) is 0 Å². The van der Waals surface area contributed by atoms with Crippen molar-refractivity contribution < 1.29 is 9.90 Å². The zero-order valence-electron chi connectivity index (χ0n) is 13.2. The Morgan fingerprint density at radius 3 is 2.38 bits per heavy atom. The molecule has 1 N–H and O–H groups in total. The number of rotatable bonds is 6. The summed E-state index contributed by atoms with van der Waals surface area (Å²) in [6.45, 7) is 6.02. The van der Waals surface area contributed by atoms with Crippen LogP contribution in [0.15, 0.2) is 24.3 Å². The van der Waals surface area contributed by atoms with Gasteiger partial charge in [0.15, 0.2) is 0 Å². The average molecular weight is 289 g/mol. The fourth-order valence-electron chi connectivity index (χ4n) is 3.23. The van der Waals surface area contributed by atoms with Gasteiger partial charge in [0.05, 0.1) is 5.92 Å². The van der Waals surface area contributed by atoms with Gasteiger partial charge >= 0.3 is 5.97 Å². The molecule has 1 unspecified atom stereocenters. The van der Waals surface area contributed by atoms with Crippen LogP contribution in [0.4, 0.5) is 0 Å². The molecule has 0 amide bonds. The Bertz CT molecular complexity index is 449. The van der Waals surface area contributed by atoms with Gasteiger partial charge < -0.3 is 5.11 Å². The molecule has 1 atom stereocenters. The summed E-state index contributed by atoms with van der Waals surface area (Å²) >= 11 is 0. The fraction of sp³-hybridized carbons (Fsp3) is 0.611. The molecule has 1 saturated carbocycles. The van der Waals surface area contributed by atoms with Crippen LogP contribution in [-0.4, -0.2) is 28.6 Å². The third kappa shape index (κ3) is 4.31. The van der Waals surface area contributed by atoms with E-state index >= 15 is 0 Å². The molecule has 0 bridgehead atoms. The molecule has 0 saturated heterocycles. The van der Waals surface area contributed by atoms with E-state index in [2.05, 4.69) is 24.0 Å². The van der Waals surface area contributed by atoms with Gasteiger partial charge in [-0.25, -0.2) is 0 Å². The summed E-state index contributed by atoms with van der Waals surface area (Å²) in [6.07, 6.45) is 6.74. The highest BCUT2D eigenvalue weighted by Crippen LogP contribution is 2.24. The van der Waals surface area contributed by atoms with Gasteiger partial charge in [-0.3, -0.25) is 9.69 Å². The quantitative estimate of drug-likeness (QED) is 0.859. The minimum Gasteiger partial charge on any atom is -0.481 e. The van der Waals surface area contributed by atoms with E-state index in [0.29, 0.717) is 0 Å². The molecule has 0 spiro atoms. The molecule has 3 nitrogen and oxygen atoms in total. The second-order valence-electron chi connectivity index (χ2n) is 6.16. The van der Waals surface area contributed by atoms with Gasteiger partial charge in [-0.2, -0.15) is 0 Å². The van der Waals surface area contributed by atoms with Crippen molar-refractivity contribution >= 4 is 5.97 Å². The predicted molar refractivity (Wildman–Crippen MR) is 85.4 cm³/mol. The first-order valence-corrected chi connectivity index (χ1v) is 8.17. The van der Waals surface area contributed by atoms with Gasteiger partial charge in [0.25, 0.3) is 0 Å². The summed E-state index contributed by atoms with van der Waals surface area (Å²) in [7, 11) is 0. The third-order valence-electron chi connectivity index (χ3n) is 4.73. The van der Waals surface area contributed by atoms with Crippen LogP contribution in [-0.2, 0) is 11.3 Å². The summed E-state index contributed by atoms with van der Waals surface area (Å²) in [4.78, 5) is 13.6. The molecule has 116 valence electrons. The summed E-state index contributed by atoms with van der Waals surface area (Å²) in [5.74, 6) is -1.19. The summed E-state index contributed by atoms with van der Waals surface area (Å²) in [5, 5.41) is 9.05. The lowest BCUT2D eigenvalue weighted by molar-refractivity contribution is -0.138. The molecule has 2 rings (SSSR count). The predicted octanol–water partition coefficient (Wildman–Crippen LogP) is 4.03. The normalized spacial score (nSPS) is 17.9. The van der Waals surface area contributed by atoms with E-state index in [9.17, 15) is 4.79 Å². The number of benzene rings is 1. The van der Waals surface area contributed by atoms with Crippen LogP contribution in [0, 0.1) is 0 Å². The number of nitrogens with zero attached hydrogens (tertiary/aromatic N) is 1. The standard InChI is InChI=1S/C18H27NO2/c1-3-19(17-7-5-4-6-8-17)13-15-9-11-16(12-10-15)14(2)18(20)21/h9-12,14,17H,3-8,13H2,1-2H3,(H,20,21). The highest BCUT2D eigenvalue weighted by Gasteiger charge is 2.20. The molecule has 1 aliphatic rings. The Labute approximate surface area is 128 Å². The SMILES string of the molecule is CCN(Cc1ccc(C(C)C(=O)O)cc1)C1CCCCC1. The smallest absolute Gasteiger partial charge is 0.310 e. The van der Waals surface area contributed by atoms with E-state index in [4.69, 9.17) is 5.11 Å². The molecule has 0 radical (unpaired) electrons. The van der Waals surface area contributed by atoms with Crippen molar-refractivity contribution in [3.63, 3.8) is 0 Å². The first kappa shape index (κ1) is 16.0. The van der Waals surface area contributed by atoms with E-state index in [1.807, 2.05) is 12.1 Å². The zero-order chi connectivity index (χ0) is 15.2. The van der Waals surface area contributed by atoms with E-state index in [1.165, 1.54) is 37.7 Å². The monoisotopic (exact) mass is 289 g/mol. The van der Waals surface area contributed by atoms with Crippen molar-refractivity contribution in [3.8, 4) is 0 Å². The average Bonchev–Trinajstić information content (AvgIpc) is 2.53. The van der Waals surface area contributed by atoms with E-state index in [-0.39, 0.29) is 0 Å². The molecule has 1 aromatic carbocycles. The molecule has 0 heterocycles. The van der Waals surface area contributed by atoms with Crippen molar-refractivity contribution in [1.82, 2.24) is 4.90 Å². The molecule has 1 fully saturated rings. The summed E-state index contributed by atoms with van der Waals surface area (Å²) in [6, 6.07) is 8.81. The Morgan fingerprint density at radius 1 is 1.24 bits per heavy atom. The lowest BCUT2D eigenvalue weighted by atomic mass is 9.93. The minimum absolute atomic E-state index is 0.431. The van der Waals surface area contributed by atoms with E-state index in [0.717, 1.165) is 24.7 Å². The highest BCUT2D eigenvalue weighted by atomic mass is 16.4. The molecule has 1 aliphatic carbocycles. The first-order valence-electron chi connectivity index (χ1n) is 8.17. The zero-order valence-corrected chi connectivity index (χ0v) is 13.2. The number of carbonyl (C=O) groups is 1. The van der Waals surface area contributed by atoms with Crippen LogP contribution in [0.2, 0.25) is 0 Å². The Kier molecular flexibility index (Phi) is 5.80. The van der Waals surface area contributed by atoms with Crippen molar-refractivity contribution in [2.24, 2.45) is 0 Å². The Morgan fingerprint density at radius 2 is 1.86 bits per heavy atom. The van der Waals surface area contributed by atoms with Gasteiger partial charge in [-0.15, -0.1) is 0 Å². The highest BCUT2D eigenvalue weighted by molar-refractivity contribution is 5.75. The van der Waals surface area contributed by atoms with Crippen LogP contribution in [0.5, 0.6) is 0 Å². The van der Waals surface area contributed by atoms with Crippen LogP contribution >= 0.6 is 0 Å². The van der Waals surface area contributed by atoms with Crippen molar-refractivity contribution in [1.29, 1.82) is 0 Å². The largest absolute Gasteiger partial charge is 0.481 e. The molecule has 21 heavy (non-hydrogen) atoms. The lowest BCUT2D eigenvalue weighted by Crippen LogP contribution is -2.36. The van der Waals surface area contributed by atoms with Gasteiger partial charge in [-0.1, -0.05) is 50.5 Å². The summed E-state index contributed by atoms with van der Waals surface area (Å²) in [5.41, 5.74) is 2.16. The van der Waals surface area contributed by atoms with Crippen LogP contribution in [0.1, 0.15) is 63.0 Å². The molecule has 3 heteroatoms. The van der Waals surface area contributed by atoms with Gasteiger partial charge in [0, 0.05) is 12.6 Å². The maximum absolute atomic E-state index is 11.0. The van der Waals surface area contributed by atoms with Gasteiger partial charge in [-0.05, 0) is 37.4 Å². The van der Waals surface area contributed by atoms with Crippen LogP contribution < -0.4 is 0 Å². The second kappa shape index (κ2) is 7.60. The fourth-order valence-corrected chi connectivity index (χ4v) is 3.23. The molecule has 0 aliphatic heterocycles. The van der Waals surface area contributed by atoms with Gasteiger partial charge in [0.2, 0.25) is 0 Å². The molecular weight excluding hydrogens is 262 g/mol. The third-order valence-corrected chi connectivity index (χ3v) is 4.73. The number of aliphatic carboxylic acids is 1. The molecule has 1 aromatic rings. The molecular formula is C18H27NO2. The maximum atomic E-state index is 11.0. The topological polar surface area (TPSA) is 40.5 Å². The van der Waals surface area contributed by atoms with Crippen molar-refractivity contribution in [3.05, 3.63) is 35.4 Å². The van der Waals surface area contributed by atoms with Crippen LogP contribution in [0.25, 0.3) is 0 Å². The Hall–Kier alpha value is -1.35. The van der Waals surface area contributed by atoms with Gasteiger partial charge in [0.1, 0.15) is 0 Å². The minimum atomic E-state index is -0.764.